The lowest BCUT2D eigenvalue weighted by Gasteiger charge is -2.22. The van der Waals surface area contributed by atoms with E-state index in [-0.39, 0.29) is 6.42 Å². The second-order valence-electron chi connectivity index (χ2n) is 7.49. The third kappa shape index (κ3) is 4.27. The van der Waals surface area contributed by atoms with Crippen molar-refractivity contribution in [3.63, 3.8) is 0 Å². The Morgan fingerprint density at radius 1 is 0.871 bits per heavy atom. The van der Waals surface area contributed by atoms with Crippen molar-refractivity contribution in [3.8, 4) is 0 Å². The van der Waals surface area contributed by atoms with Gasteiger partial charge in [-0.25, -0.2) is 0 Å². The van der Waals surface area contributed by atoms with Crippen molar-refractivity contribution in [2.75, 3.05) is 7.11 Å². The highest BCUT2D eigenvalue weighted by Crippen LogP contribution is 2.29. The molecule has 5 heteroatoms. The van der Waals surface area contributed by atoms with Gasteiger partial charge in [-0.2, -0.15) is 0 Å². The Balaban J connectivity index is 1.69. The maximum Gasteiger partial charge on any atom is 0.254 e. The van der Waals surface area contributed by atoms with E-state index in [1.54, 1.807) is 0 Å². The van der Waals surface area contributed by atoms with Gasteiger partial charge in [0.1, 0.15) is 6.04 Å². The molecule has 2 amide bonds. The summed E-state index contributed by atoms with van der Waals surface area (Å²) < 4.78 is 5.41. The number of carbonyl (C=O) groups excluding carboxylic acids is 2. The third-order valence-corrected chi connectivity index (χ3v) is 5.53. The van der Waals surface area contributed by atoms with E-state index in [4.69, 9.17) is 10.5 Å². The minimum atomic E-state index is -0.872. The Labute approximate surface area is 180 Å². The van der Waals surface area contributed by atoms with Crippen LogP contribution in [0, 0.1) is 0 Å². The molecule has 0 fully saturated rings. The van der Waals surface area contributed by atoms with Crippen molar-refractivity contribution < 1.29 is 14.3 Å². The van der Waals surface area contributed by atoms with Gasteiger partial charge < -0.3 is 15.8 Å². The number of carbonyl (C=O) groups is 2. The van der Waals surface area contributed by atoms with Crippen LogP contribution >= 0.6 is 0 Å². The summed E-state index contributed by atoms with van der Waals surface area (Å²) >= 11 is 0. The summed E-state index contributed by atoms with van der Waals surface area (Å²) in [4.78, 5) is 25.3. The SMILES string of the molecule is CO[C@@H](C(=O)N[C@H](Cc1c2ccccc2cc2ccccc12)C(N)=O)c1ccccc1. The average molecular weight is 412 g/mol. The fourth-order valence-electron chi connectivity index (χ4n) is 4.02. The van der Waals surface area contributed by atoms with E-state index in [1.807, 2.05) is 78.9 Å². The molecule has 5 nitrogen and oxygen atoms in total. The number of benzene rings is 4. The van der Waals surface area contributed by atoms with Crippen LogP contribution in [0.4, 0.5) is 0 Å². The van der Waals surface area contributed by atoms with Crippen LogP contribution in [-0.2, 0) is 20.7 Å². The summed E-state index contributed by atoms with van der Waals surface area (Å²) in [6.45, 7) is 0. The maximum atomic E-state index is 13.0. The van der Waals surface area contributed by atoms with Gasteiger partial charge in [0.25, 0.3) is 5.91 Å². The zero-order chi connectivity index (χ0) is 21.8. The predicted molar refractivity (Wildman–Crippen MR) is 122 cm³/mol. The normalized spacial score (nSPS) is 13.1. The number of amides is 2. The fraction of sp³-hybridized carbons (Fsp3) is 0.154. The molecule has 3 N–H and O–H groups in total. The zero-order valence-electron chi connectivity index (χ0n) is 17.2. The molecule has 0 bridgehead atoms. The summed E-state index contributed by atoms with van der Waals surface area (Å²) in [5.74, 6) is -0.990. The smallest absolute Gasteiger partial charge is 0.254 e. The molecule has 0 aliphatic rings. The lowest BCUT2D eigenvalue weighted by Crippen LogP contribution is -2.47. The molecule has 0 saturated heterocycles. The van der Waals surface area contributed by atoms with Gasteiger partial charge in [-0.05, 0) is 38.7 Å². The number of rotatable bonds is 7. The molecule has 0 saturated carbocycles. The molecule has 0 heterocycles. The molecule has 0 aromatic heterocycles. The molecule has 4 aromatic carbocycles. The van der Waals surface area contributed by atoms with E-state index in [1.165, 1.54) is 7.11 Å². The Hall–Kier alpha value is -3.70. The van der Waals surface area contributed by atoms with E-state index >= 15 is 0 Å². The minimum Gasteiger partial charge on any atom is -0.368 e. The Bertz CT molecular complexity index is 1180. The van der Waals surface area contributed by atoms with Crippen LogP contribution in [0.15, 0.2) is 84.9 Å². The first kappa shape index (κ1) is 20.6. The van der Waals surface area contributed by atoms with Gasteiger partial charge >= 0.3 is 0 Å². The number of ether oxygens (including phenoxy) is 1. The van der Waals surface area contributed by atoms with Gasteiger partial charge in [-0.1, -0.05) is 78.9 Å². The van der Waals surface area contributed by atoms with Gasteiger partial charge in [0.05, 0.1) is 0 Å². The zero-order valence-corrected chi connectivity index (χ0v) is 17.2. The van der Waals surface area contributed by atoms with Gasteiger partial charge in [-0.15, -0.1) is 0 Å². The number of nitrogens with one attached hydrogen (secondary N) is 1. The molecule has 2 atom stereocenters. The lowest BCUT2D eigenvalue weighted by atomic mass is 9.92. The van der Waals surface area contributed by atoms with Crippen LogP contribution in [0.3, 0.4) is 0 Å². The highest BCUT2D eigenvalue weighted by molar-refractivity contribution is 6.03. The van der Waals surface area contributed by atoms with Crippen molar-refractivity contribution in [1.82, 2.24) is 5.32 Å². The molecule has 0 spiro atoms. The van der Waals surface area contributed by atoms with Gasteiger partial charge in [0.2, 0.25) is 5.91 Å². The topological polar surface area (TPSA) is 81.4 Å². The second kappa shape index (κ2) is 8.98. The van der Waals surface area contributed by atoms with Gasteiger partial charge in [0, 0.05) is 13.5 Å². The van der Waals surface area contributed by atoms with E-state index in [2.05, 4.69) is 11.4 Å². The van der Waals surface area contributed by atoms with Crippen LogP contribution in [0.1, 0.15) is 17.2 Å². The second-order valence-corrected chi connectivity index (χ2v) is 7.49. The third-order valence-electron chi connectivity index (χ3n) is 5.53. The Kier molecular flexibility index (Phi) is 5.96. The molecule has 156 valence electrons. The monoisotopic (exact) mass is 412 g/mol. The number of nitrogens with two attached hydrogens (primary N) is 1. The van der Waals surface area contributed by atoms with Crippen molar-refractivity contribution in [1.29, 1.82) is 0 Å². The molecule has 31 heavy (non-hydrogen) atoms. The number of primary amides is 1. The quantitative estimate of drug-likeness (QED) is 0.452. The van der Waals surface area contributed by atoms with Crippen LogP contribution in [0.2, 0.25) is 0 Å². The van der Waals surface area contributed by atoms with E-state index < -0.39 is 24.0 Å². The summed E-state index contributed by atoms with van der Waals surface area (Å²) in [5.41, 5.74) is 7.39. The van der Waals surface area contributed by atoms with Crippen molar-refractivity contribution in [2.45, 2.75) is 18.6 Å². The minimum absolute atomic E-state index is 0.286. The number of methoxy groups -OCH3 is 1. The number of fused-ring (bicyclic) bond motifs is 2. The first-order valence-corrected chi connectivity index (χ1v) is 10.2. The lowest BCUT2D eigenvalue weighted by molar-refractivity contribution is -0.134. The van der Waals surface area contributed by atoms with Crippen molar-refractivity contribution in [2.24, 2.45) is 5.73 Å². The summed E-state index contributed by atoms with van der Waals surface area (Å²) in [5, 5.41) is 7.02. The molecule has 0 aliphatic heterocycles. The van der Waals surface area contributed by atoms with E-state index in [0.29, 0.717) is 5.56 Å². The highest BCUT2D eigenvalue weighted by atomic mass is 16.5. The summed E-state index contributed by atoms with van der Waals surface area (Å²) in [6, 6.07) is 26.5. The molecule has 0 radical (unpaired) electrons. The van der Waals surface area contributed by atoms with Crippen LogP contribution < -0.4 is 11.1 Å². The summed E-state index contributed by atoms with van der Waals surface area (Å²) in [6.07, 6.45) is -0.541. The van der Waals surface area contributed by atoms with Crippen LogP contribution in [0.5, 0.6) is 0 Å². The van der Waals surface area contributed by atoms with Crippen molar-refractivity contribution in [3.05, 3.63) is 96.1 Å². The number of hydrogen-bond donors (Lipinski definition) is 2. The molecule has 4 rings (SSSR count). The summed E-state index contributed by atoms with van der Waals surface area (Å²) in [7, 11) is 1.47. The van der Waals surface area contributed by atoms with Gasteiger partial charge in [-0.3, -0.25) is 9.59 Å². The fourth-order valence-corrected chi connectivity index (χ4v) is 4.02. The Morgan fingerprint density at radius 2 is 1.42 bits per heavy atom. The van der Waals surface area contributed by atoms with E-state index in [9.17, 15) is 9.59 Å². The first-order valence-electron chi connectivity index (χ1n) is 10.2. The average Bonchev–Trinajstić information content (AvgIpc) is 2.79. The molecule has 0 aliphatic carbocycles. The van der Waals surface area contributed by atoms with Crippen molar-refractivity contribution >= 4 is 33.4 Å². The first-order chi connectivity index (χ1) is 15.1. The molecular formula is C26H24N2O3. The largest absolute Gasteiger partial charge is 0.368 e. The molecule has 0 unspecified atom stereocenters. The number of hydrogen-bond acceptors (Lipinski definition) is 3. The highest BCUT2D eigenvalue weighted by Gasteiger charge is 2.26. The maximum absolute atomic E-state index is 13.0. The molecular weight excluding hydrogens is 388 g/mol. The van der Waals surface area contributed by atoms with E-state index in [0.717, 1.165) is 27.1 Å². The predicted octanol–water partition coefficient (Wildman–Crippen LogP) is 3.89. The standard InChI is InChI=1S/C26H24N2O3/c1-31-24(17-9-3-2-4-10-17)26(30)28-23(25(27)29)16-22-20-13-7-5-11-18(20)15-19-12-6-8-14-21(19)22/h2-15,23-24H,16H2,1H3,(H2,27,29)(H,28,30)/t23-,24-/m1/s1. The van der Waals surface area contributed by atoms with Crippen LogP contribution in [-0.4, -0.2) is 25.0 Å². The Morgan fingerprint density at radius 3 is 1.97 bits per heavy atom. The van der Waals surface area contributed by atoms with Crippen LogP contribution in [0.25, 0.3) is 21.5 Å². The molecule has 4 aromatic rings. The van der Waals surface area contributed by atoms with Gasteiger partial charge in [0.15, 0.2) is 6.10 Å².